The van der Waals surface area contributed by atoms with Crippen LogP contribution in [0, 0.1) is 12.8 Å². The van der Waals surface area contributed by atoms with E-state index in [1.54, 1.807) is 25.1 Å². The van der Waals surface area contributed by atoms with E-state index in [1.807, 2.05) is 0 Å². The number of rotatable bonds is 3. The lowest BCUT2D eigenvalue weighted by atomic mass is 10.1. The number of alkyl halides is 3. The summed E-state index contributed by atoms with van der Waals surface area (Å²) >= 11 is 5.93. The molecule has 1 saturated heterocycles. The van der Waals surface area contributed by atoms with Crippen LogP contribution in [-0.2, 0) is 15.8 Å². The molecule has 1 heterocycles. The van der Waals surface area contributed by atoms with Crippen molar-refractivity contribution in [2.24, 2.45) is 5.92 Å². The van der Waals surface area contributed by atoms with Gasteiger partial charge in [0, 0.05) is 29.4 Å². The van der Waals surface area contributed by atoms with Gasteiger partial charge in [0.1, 0.15) is 0 Å². The zero-order valence-electron chi connectivity index (χ0n) is 14.3. The van der Waals surface area contributed by atoms with Crippen LogP contribution in [0.25, 0.3) is 0 Å². The molecule has 0 saturated carbocycles. The highest BCUT2D eigenvalue weighted by Gasteiger charge is 2.37. The molecule has 142 valence electrons. The number of hydrogen-bond donors (Lipinski definition) is 1. The lowest BCUT2D eigenvalue weighted by molar-refractivity contribution is -0.137. The molecule has 3 rings (SSSR count). The molecule has 8 heteroatoms. The first-order valence-corrected chi connectivity index (χ1v) is 8.57. The van der Waals surface area contributed by atoms with Gasteiger partial charge < -0.3 is 10.2 Å². The Morgan fingerprint density at radius 3 is 2.67 bits per heavy atom. The van der Waals surface area contributed by atoms with Gasteiger partial charge in [-0.1, -0.05) is 23.7 Å². The van der Waals surface area contributed by atoms with Crippen molar-refractivity contribution < 1.29 is 22.8 Å². The first kappa shape index (κ1) is 19.2. The van der Waals surface area contributed by atoms with Crippen molar-refractivity contribution >= 4 is 34.8 Å². The minimum atomic E-state index is -4.50. The van der Waals surface area contributed by atoms with Crippen molar-refractivity contribution in [3.8, 4) is 0 Å². The number of halogens is 4. The summed E-state index contributed by atoms with van der Waals surface area (Å²) in [6, 6.07) is 9.59. The Hall–Kier alpha value is -2.54. The van der Waals surface area contributed by atoms with E-state index in [4.69, 9.17) is 11.6 Å². The zero-order valence-corrected chi connectivity index (χ0v) is 15.1. The number of benzene rings is 2. The van der Waals surface area contributed by atoms with E-state index in [9.17, 15) is 22.8 Å². The molecule has 0 bridgehead atoms. The summed E-state index contributed by atoms with van der Waals surface area (Å²) in [7, 11) is 0. The van der Waals surface area contributed by atoms with Crippen LogP contribution in [-0.4, -0.2) is 18.4 Å². The summed E-state index contributed by atoms with van der Waals surface area (Å²) in [6.07, 6.45) is -4.57. The molecule has 1 N–H and O–H groups in total. The summed E-state index contributed by atoms with van der Waals surface area (Å²) in [4.78, 5) is 26.0. The highest BCUT2D eigenvalue weighted by molar-refractivity contribution is 6.31. The minimum absolute atomic E-state index is 0.0194. The molecule has 1 fully saturated rings. The van der Waals surface area contributed by atoms with Crippen molar-refractivity contribution in [3.63, 3.8) is 0 Å². The van der Waals surface area contributed by atoms with E-state index >= 15 is 0 Å². The Bertz CT molecular complexity index is 899. The second-order valence-corrected chi connectivity index (χ2v) is 6.84. The smallest absolute Gasteiger partial charge is 0.325 e. The van der Waals surface area contributed by atoms with Gasteiger partial charge in [-0.3, -0.25) is 9.59 Å². The van der Waals surface area contributed by atoms with E-state index < -0.39 is 23.6 Å². The Labute approximate surface area is 158 Å². The van der Waals surface area contributed by atoms with Crippen LogP contribution < -0.4 is 10.2 Å². The largest absolute Gasteiger partial charge is 0.416 e. The van der Waals surface area contributed by atoms with Crippen molar-refractivity contribution in [1.29, 1.82) is 0 Å². The van der Waals surface area contributed by atoms with Gasteiger partial charge in [0.15, 0.2) is 0 Å². The highest BCUT2D eigenvalue weighted by Crippen LogP contribution is 2.33. The van der Waals surface area contributed by atoms with E-state index in [1.165, 1.54) is 17.0 Å². The quantitative estimate of drug-likeness (QED) is 0.820. The predicted octanol–water partition coefficient (Wildman–Crippen LogP) is 4.66. The van der Waals surface area contributed by atoms with Gasteiger partial charge in [-0.05, 0) is 42.8 Å². The van der Waals surface area contributed by atoms with Crippen molar-refractivity contribution in [2.45, 2.75) is 19.5 Å². The van der Waals surface area contributed by atoms with Gasteiger partial charge in [0.25, 0.3) is 0 Å². The van der Waals surface area contributed by atoms with Gasteiger partial charge in [-0.15, -0.1) is 0 Å². The first-order valence-electron chi connectivity index (χ1n) is 8.20. The van der Waals surface area contributed by atoms with Crippen LogP contribution >= 0.6 is 11.6 Å². The molecule has 27 heavy (non-hydrogen) atoms. The zero-order chi connectivity index (χ0) is 19.8. The number of amides is 2. The van der Waals surface area contributed by atoms with E-state index in [0.717, 1.165) is 17.7 Å². The van der Waals surface area contributed by atoms with Crippen LogP contribution in [0.2, 0.25) is 5.02 Å². The fraction of sp³-hybridized carbons (Fsp3) is 0.263. The van der Waals surface area contributed by atoms with Crippen LogP contribution in [0.3, 0.4) is 0 Å². The molecule has 2 aromatic carbocycles. The molecule has 2 aromatic rings. The maximum atomic E-state index is 12.9. The number of aryl methyl sites for hydroxylation is 1. The molecule has 0 spiro atoms. The molecule has 1 aliphatic heterocycles. The predicted molar refractivity (Wildman–Crippen MR) is 96.7 cm³/mol. The highest BCUT2D eigenvalue weighted by atomic mass is 35.5. The van der Waals surface area contributed by atoms with Gasteiger partial charge in [0.05, 0.1) is 11.5 Å². The Kier molecular flexibility index (Phi) is 5.15. The molecular weight excluding hydrogens is 381 g/mol. The van der Waals surface area contributed by atoms with Gasteiger partial charge in [-0.25, -0.2) is 0 Å². The monoisotopic (exact) mass is 396 g/mol. The average molecular weight is 397 g/mol. The van der Waals surface area contributed by atoms with Crippen molar-refractivity contribution in [2.75, 3.05) is 16.8 Å². The molecular formula is C19H16ClF3N2O2. The number of nitrogens with zero attached hydrogens (tertiary/aromatic N) is 1. The SMILES string of the molecule is Cc1ccc(Cl)cc1NC(=O)[C@H]1CC(=O)N(c2cccc(C(F)(F)F)c2)C1. The topological polar surface area (TPSA) is 49.4 Å². The Balaban J connectivity index is 1.75. The summed E-state index contributed by atoms with van der Waals surface area (Å²) in [6.45, 7) is 1.83. The first-order chi connectivity index (χ1) is 12.6. The van der Waals surface area contributed by atoms with E-state index in [-0.39, 0.29) is 24.6 Å². The van der Waals surface area contributed by atoms with Crippen molar-refractivity contribution in [3.05, 3.63) is 58.6 Å². The fourth-order valence-corrected chi connectivity index (χ4v) is 3.12. The van der Waals surface area contributed by atoms with Crippen LogP contribution in [0.1, 0.15) is 17.5 Å². The Morgan fingerprint density at radius 1 is 1.22 bits per heavy atom. The molecule has 4 nitrogen and oxygen atoms in total. The second kappa shape index (κ2) is 7.23. The third kappa shape index (κ3) is 4.24. The molecule has 0 unspecified atom stereocenters. The summed E-state index contributed by atoms with van der Waals surface area (Å²) in [5.41, 5.74) is 0.642. The molecule has 1 aliphatic rings. The minimum Gasteiger partial charge on any atom is -0.325 e. The summed E-state index contributed by atoms with van der Waals surface area (Å²) in [5, 5.41) is 3.20. The number of nitrogens with one attached hydrogen (secondary N) is 1. The lowest BCUT2D eigenvalue weighted by Crippen LogP contribution is -2.28. The number of carbonyl (C=O) groups is 2. The molecule has 0 aliphatic carbocycles. The van der Waals surface area contributed by atoms with Gasteiger partial charge in [0.2, 0.25) is 11.8 Å². The number of anilines is 2. The normalized spacial score (nSPS) is 17.3. The maximum absolute atomic E-state index is 12.9. The van der Waals surface area contributed by atoms with Crippen LogP contribution in [0.15, 0.2) is 42.5 Å². The molecule has 0 radical (unpaired) electrons. The Morgan fingerprint density at radius 2 is 1.96 bits per heavy atom. The average Bonchev–Trinajstić information content (AvgIpc) is 2.99. The third-order valence-corrected chi connectivity index (χ3v) is 4.67. The number of hydrogen-bond acceptors (Lipinski definition) is 2. The van der Waals surface area contributed by atoms with Gasteiger partial charge in [-0.2, -0.15) is 13.2 Å². The van der Waals surface area contributed by atoms with E-state index in [2.05, 4.69) is 5.32 Å². The fourth-order valence-electron chi connectivity index (χ4n) is 2.95. The van der Waals surface area contributed by atoms with E-state index in [0.29, 0.717) is 10.7 Å². The molecule has 0 aromatic heterocycles. The summed E-state index contributed by atoms with van der Waals surface area (Å²) in [5.74, 6) is -1.43. The number of carbonyl (C=O) groups excluding carboxylic acids is 2. The van der Waals surface area contributed by atoms with Crippen molar-refractivity contribution in [1.82, 2.24) is 0 Å². The third-order valence-electron chi connectivity index (χ3n) is 4.44. The molecule has 2 amide bonds. The summed E-state index contributed by atoms with van der Waals surface area (Å²) < 4.78 is 38.7. The standard InChI is InChI=1S/C19H16ClF3N2O2/c1-11-5-6-14(20)9-16(11)24-18(27)12-7-17(26)25(10-12)15-4-2-3-13(8-15)19(21,22)23/h2-6,8-9,12H,7,10H2,1H3,(H,24,27)/t12-/m0/s1. The van der Waals surface area contributed by atoms with Gasteiger partial charge >= 0.3 is 6.18 Å². The lowest BCUT2D eigenvalue weighted by Gasteiger charge is -2.18. The van der Waals surface area contributed by atoms with Crippen LogP contribution in [0.5, 0.6) is 0 Å². The maximum Gasteiger partial charge on any atom is 0.416 e. The second-order valence-electron chi connectivity index (χ2n) is 6.40. The van der Waals surface area contributed by atoms with Crippen LogP contribution in [0.4, 0.5) is 24.5 Å². The molecule has 1 atom stereocenters.